The molecule has 0 N–H and O–H groups in total. The van der Waals surface area contributed by atoms with Crippen molar-refractivity contribution in [1.82, 2.24) is 0 Å². The van der Waals surface area contributed by atoms with Crippen LogP contribution in [0.1, 0.15) is 53.4 Å². The molecule has 4 heteroatoms. The van der Waals surface area contributed by atoms with E-state index in [1.807, 2.05) is 0 Å². The van der Waals surface area contributed by atoms with Crippen LogP contribution in [-0.2, 0) is 13.9 Å². The minimum Gasteiger partial charge on any atom is -0.378 e. The lowest BCUT2D eigenvalue weighted by Gasteiger charge is -2.20. The van der Waals surface area contributed by atoms with Crippen LogP contribution in [0.3, 0.4) is 0 Å². The van der Waals surface area contributed by atoms with Gasteiger partial charge in [0.1, 0.15) is 0 Å². The summed E-state index contributed by atoms with van der Waals surface area (Å²) in [4.78, 5) is 0. The quantitative estimate of drug-likeness (QED) is 0.369. The van der Waals surface area contributed by atoms with Gasteiger partial charge in [0.2, 0.25) is 0 Å². The highest BCUT2D eigenvalue weighted by atomic mass is 28.2. The maximum atomic E-state index is 5.93. The van der Waals surface area contributed by atoms with Gasteiger partial charge in [-0.05, 0) is 33.2 Å². The first-order valence-electron chi connectivity index (χ1n) is 7.69. The third-order valence-electron chi connectivity index (χ3n) is 3.39. The maximum Gasteiger partial charge on any atom is 0.262 e. The molecule has 0 aromatic carbocycles. The standard InChI is InChI=1S/C16H30O3Si/c1-13(2)9-11-17-16(18-12-10-14(3)4)19-20-15-7-5-6-8-15/h9-10,15-16H,5-8,11-12,20H2,1-4H3. The van der Waals surface area contributed by atoms with E-state index in [1.165, 1.54) is 36.8 Å². The van der Waals surface area contributed by atoms with Crippen molar-refractivity contribution < 1.29 is 13.9 Å². The van der Waals surface area contributed by atoms with Gasteiger partial charge in [0.05, 0.1) is 13.2 Å². The number of ether oxygens (including phenoxy) is 2. The van der Waals surface area contributed by atoms with Crippen LogP contribution in [0.4, 0.5) is 0 Å². The van der Waals surface area contributed by atoms with Crippen molar-refractivity contribution in [3.8, 4) is 0 Å². The summed E-state index contributed by atoms with van der Waals surface area (Å²) in [6.07, 6.45) is 9.50. The molecular formula is C16H30O3Si. The first-order chi connectivity index (χ1) is 9.58. The molecule has 116 valence electrons. The summed E-state index contributed by atoms with van der Waals surface area (Å²) in [5.41, 5.74) is 3.32. The molecule has 1 rings (SSSR count). The van der Waals surface area contributed by atoms with Crippen LogP contribution in [0.25, 0.3) is 0 Å². The Labute approximate surface area is 126 Å². The highest BCUT2D eigenvalue weighted by molar-refractivity contribution is 6.29. The first-order valence-corrected chi connectivity index (χ1v) is 9.09. The Kier molecular flexibility index (Phi) is 9.10. The molecule has 0 aromatic heterocycles. The normalized spacial score (nSPS) is 16.2. The summed E-state index contributed by atoms with van der Waals surface area (Å²) in [5, 5.41) is 0. The first kappa shape index (κ1) is 17.6. The van der Waals surface area contributed by atoms with E-state index < -0.39 is 16.2 Å². The second-order valence-electron chi connectivity index (χ2n) is 6.00. The van der Waals surface area contributed by atoms with Crippen molar-refractivity contribution in [1.29, 1.82) is 0 Å². The predicted octanol–water partition coefficient (Wildman–Crippen LogP) is 3.70. The second-order valence-corrected chi connectivity index (χ2v) is 7.82. The smallest absolute Gasteiger partial charge is 0.262 e. The number of allylic oxidation sites excluding steroid dienone is 2. The molecule has 0 amide bonds. The van der Waals surface area contributed by atoms with E-state index in [-0.39, 0.29) is 0 Å². The summed E-state index contributed by atoms with van der Waals surface area (Å²) in [5.74, 6) is 0. The summed E-state index contributed by atoms with van der Waals surface area (Å²) < 4.78 is 17.3. The van der Waals surface area contributed by atoms with E-state index in [0.29, 0.717) is 13.2 Å². The van der Waals surface area contributed by atoms with Gasteiger partial charge >= 0.3 is 0 Å². The zero-order valence-corrected chi connectivity index (χ0v) is 14.9. The molecule has 1 fully saturated rings. The lowest BCUT2D eigenvalue weighted by atomic mass is 10.3. The largest absolute Gasteiger partial charge is 0.378 e. The Bertz CT molecular complexity index is 290. The fourth-order valence-electron chi connectivity index (χ4n) is 2.12. The van der Waals surface area contributed by atoms with Crippen molar-refractivity contribution in [2.45, 2.75) is 65.4 Å². The molecule has 0 radical (unpaired) electrons. The Balaban J connectivity index is 2.32. The Morgan fingerprint density at radius 1 is 1.00 bits per heavy atom. The molecule has 1 aliphatic rings. The third kappa shape index (κ3) is 8.69. The van der Waals surface area contributed by atoms with Crippen molar-refractivity contribution in [3.05, 3.63) is 23.3 Å². The van der Waals surface area contributed by atoms with Crippen LogP contribution in [0.5, 0.6) is 0 Å². The number of rotatable bonds is 9. The zero-order valence-electron chi connectivity index (χ0n) is 13.5. The van der Waals surface area contributed by atoms with Crippen molar-refractivity contribution in [3.63, 3.8) is 0 Å². The summed E-state index contributed by atoms with van der Waals surface area (Å²) in [6, 6.07) is 0. The molecule has 0 bridgehead atoms. The molecule has 1 saturated carbocycles. The zero-order chi connectivity index (χ0) is 14.8. The minimum absolute atomic E-state index is 0.492. The predicted molar refractivity (Wildman–Crippen MR) is 86.4 cm³/mol. The van der Waals surface area contributed by atoms with E-state index in [0.717, 1.165) is 5.54 Å². The molecule has 0 spiro atoms. The van der Waals surface area contributed by atoms with Crippen molar-refractivity contribution >= 4 is 9.76 Å². The van der Waals surface area contributed by atoms with Gasteiger partial charge in [-0.2, -0.15) is 0 Å². The van der Waals surface area contributed by atoms with Crippen LogP contribution in [-0.4, -0.2) is 29.5 Å². The van der Waals surface area contributed by atoms with Crippen LogP contribution in [0.15, 0.2) is 23.3 Å². The average Bonchev–Trinajstić information content (AvgIpc) is 2.87. The molecule has 0 aromatic rings. The van der Waals surface area contributed by atoms with Gasteiger partial charge in [0.15, 0.2) is 9.76 Å². The highest BCUT2D eigenvalue weighted by Gasteiger charge is 2.18. The third-order valence-corrected chi connectivity index (χ3v) is 5.14. The summed E-state index contributed by atoms with van der Waals surface area (Å²) >= 11 is 0. The minimum atomic E-state index is -0.546. The van der Waals surface area contributed by atoms with Gasteiger partial charge < -0.3 is 13.9 Å². The Hall–Kier alpha value is -0.423. The molecule has 0 atom stereocenters. The lowest BCUT2D eigenvalue weighted by Crippen LogP contribution is -2.25. The van der Waals surface area contributed by atoms with Crippen LogP contribution in [0, 0.1) is 0 Å². The van der Waals surface area contributed by atoms with Gasteiger partial charge in [0, 0.05) is 0 Å². The monoisotopic (exact) mass is 298 g/mol. The molecular weight excluding hydrogens is 268 g/mol. The van der Waals surface area contributed by atoms with Crippen LogP contribution < -0.4 is 0 Å². The lowest BCUT2D eigenvalue weighted by molar-refractivity contribution is -0.237. The van der Waals surface area contributed by atoms with E-state index in [4.69, 9.17) is 13.9 Å². The fraction of sp³-hybridized carbons (Fsp3) is 0.750. The van der Waals surface area contributed by atoms with E-state index in [2.05, 4.69) is 39.8 Å². The molecule has 1 aliphatic carbocycles. The fourth-order valence-corrected chi connectivity index (χ4v) is 3.66. The van der Waals surface area contributed by atoms with Crippen LogP contribution in [0.2, 0.25) is 5.54 Å². The van der Waals surface area contributed by atoms with E-state index in [1.54, 1.807) is 0 Å². The van der Waals surface area contributed by atoms with Crippen molar-refractivity contribution in [2.75, 3.05) is 13.2 Å². The maximum absolute atomic E-state index is 5.93. The van der Waals surface area contributed by atoms with E-state index >= 15 is 0 Å². The van der Waals surface area contributed by atoms with Gasteiger partial charge in [-0.3, -0.25) is 0 Å². The molecule has 0 aliphatic heterocycles. The second kappa shape index (κ2) is 10.3. The van der Waals surface area contributed by atoms with E-state index in [9.17, 15) is 0 Å². The Morgan fingerprint density at radius 3 is 1.95 bits per heavy atom. The topological polar surface area (TPSA) is 27.7 Å². The van der Waals surface area contributed by atoms with Crippen LogP contribution >= 0.6 is 0 Å². The number of hydrogen-bond donors (Lipinski definition) is 0. The van der Waals surface area contributed by atoms with Gasteiger partial charge in [-0.25, -0.2) is 0 Å². The van der Waals surface area contributed by atoms with Gasteiger partial charge in [-0.1, -0.05) is 49.0 Å². The molecule has 0 unspecified atom stereocenters. The Morgan fingerprint density at radius 2 is 1.50 bits per heavy atom. The SMILES string of the molecule is CC(C)=CCOC(OCC=C(C)C)O[SiH2]C1CCCC1. The molecule has 0 saturated heterocycles. The highest BCUT2D eigenvalue weighted by Crippen LogP contribution is 2.29. The summed E-state index contributed by atoms with van der Waals surface area (Å²) in [6.45, 7) is 8.88. The molecule has 20 heavy (non-hydrogen) atoms. The summed E-state index contributed by atoms with van der Waals surface area (Å²) in [7, 11) is -0.546. The molecule has 0 heterocycles. The number of hydrogen-bond acceptors (Lipinski definition) is 3. The van der Waals surface area contributed by atoms with Gasteiger partial charge in [-0.15, -0.1) is 0 Å². The van der Waals surface area contributed by atoms with Crippen molar-refractivity contribution in [2.24, 2.45) is 0 Å². The average molecular weight is 298 g/mol. The molecule has 3 nitrogen and oxygen atoms in total. The van der Waals surface area contributed by atoms with Gasteiger partial charge in [0.25, 0.3) is 6.48 Å².